The van der Waals surface area contributed by atoms with Gasteiger partial charge in [0.05, 0.1) is 12.1 Å². The van der Waals surface area contributed by atoms with Gasteiger partial charge in [0.2, 0.25) is 0 Å². The average molecular weight is 405 g/mol. The lowest BCUT2D eigenvalue weighted by molar-refractivity contribution is -0.138. The van der Waals surface area contributed by atoms with Crippen LogP contribution in [0.3, 0.4) is 0 Å². The SMILES string of the molecule is CCNCCCN(C)Cc1cc2c(c(C(F)(F)F)c1)CN(c1ccccc1)C2=O. The first kappa shape index (κ1) is 21.3. The van der Waals surface area contributed by atoms with Crippen molar-refractivity contribution in [1.29, 1.82) is 0 Å². The van der Waals surface area contributed by atoms with Gasteiger partial charge in [0.1, 0.15) is 0 Å². The summed E-state index contributed by atoms with van der Waals surface area (Å²) in [6.07, 6.45) is -3.60. The van der Waals surface area contributed by atoms with Gasteiger partial charge in [-0.25, -0.2) is 0 Å². The Balaban J connectivity index is 1.86. The second-order valence-corrected chi connectivity index (χ2v) is 7.34. The van der Waals surface area contributed by atoms with Crippen LogP contribution in [0.15, 0.2) is 42.5 Å². The largest absolute Gasteiger partial charge is 0.416 e. The molecule has 2 aromatic rings. The lowest BCUT2D eigenvalue weighted by Gasteiger charge is -2.19. The van der Waals surface area contributed by atoms with Gasteiger partial charge in [-0.3, -0.25) is 4.79 Å². The molecule has 7 heteroatoms. The number of benzene rings is 2. The van der Waals surface area contributed by atoms with Gasteiger partial charge < -0.3 is 15.1 Å². The first-order chi connectivity index (χ1) is 13.8. The van der Waals surface area contributed by atoms with E-state index in [0.717, 1.165) is 26.1 Å². The zero-order chi connectivity index (χ0) is 21.0. The zero-order valence-electron chi connectivity index (χ0n) is 16.7. The molecular formula is C22H26F3N3O. The van der Waals surface area contributed by atoms with Gasteiger partial charge in [-0.05, 0) is 68.5 Å². The van der Waals surface area contributed by atoms with Crippen LogP contribution in [0.25, 0.3) is 0 Å². The molecular weight excluding hydrogens is 379 g/mol. The average Bonchev–Trinajstić information content (AvgIpc) is 3.01. The number of carbonyl (C=O) groups excluding carboxylic acids is 1. The zero-order valence-corrected chi connectivity index (χ0v) is 16.7. The Bertz CT molecular complexity index is 852. The molecule has 0 spiro atoms. The van der Waals surface area contributed by atoms with Crippen molar-refractivity contribution < 1.29 is 18.0 Å². The van der Waals surface area contributed by atoms with Crippen molar-refractivity contribution in [3.8, 4) is 0 Å². The molecule has 0 unspecified atom stereocenters. The van der Waals surface area contributed by atoms with E-state index in [1.807, 2.05) is 24.9 Å². The van der Waals surface area contributed by atoms with Crippen molar-refractivity contribution in [1.82, 2.24) is 10.2 Å². The summed E-state index contributed by atoms with van der Waals surface area (Å²) in [6.45, 7) is 4.85. The Morgan fingerprint density at radius 1 is 1.17 bits per heavy atom. The first-order valence-electron chi connectivity index (χ1n) is 9.80. The van der Waals surface area contributed by atoms with Gasteiger partial charge >= 0.3 is 6.18 Å². The number of hydrogen-bond acceptors (Lipinski definition) is 3. The molecule has 1 heterocycles. The quantitative estimate of drug-likeness (QED) is 0.666. The Hall–Kier alpha value is -2.38. The Morgan fingerprint density at radius 3 is 2.55 bits per heavy atom. The molecule has 1 aliphatic rings. The highest BCUT2D eigenvalue weighted by atomic mass is 19.4. The first-order valence-corrected chi connectivity index (χ1v) is 9.80. The van der Waals surface area contributed by atoms with Crippen LogP contribution in [0.1, 0.15) is 40.4 Å². The minimum atomic E-state index is -4.50. The number of halogens is 3. The van der Waals surface area contributed by atoms with Crippen LogP contribution in [0.2, 0.25) is 0 Å². The third-order valence-electron chi connectivity index (χ3n) is 5.07. The maximum Gasteiger partial charge on any atom is 0.416 e. The summed E-state index contributed by atoms with van der Waals surface area (Å²) < 4.78 is 41.3. The summed E-state index contributed by atoms with van der Waals surface area (Å²) in [5, 5.41) is 3.23. The molecule has 2 aromatic carbocycles. The van der Waals surface area contributed by atoms with Gasteiger partial charge in [0.25, 0.3) is 5.91 Å². The molecule has 0 bridgehead atoms. The minimum absolute atomic E-state index is 0.0601. The van der Waals surface area contributed by atoms with Crippen LogP contribution in [-0.2, 0) is 19.3 Å². The van der Waals surface area contributed by atoms with Gasteiger partial charge in [-0.1, -0.05) is 25.1 Å². The van der Waals surface area contributed by atoms with Crippen LogP contribution in [0.5, 0.6) is 0 Å². The predicted molar refractivity (Wildman–Crippen MR) is 108 cm³/mol. The van der Waals surface area contributed by atoms with E-state index in [9.17, 15) is 18.0 Å². The highest BCUT2D eigenvalue weighted by Crippen LogP contribution is 2.39. The highest BCUT2D eigenvalue weighted by molar-refractivity contribution is 6.10. The summed E-state index contributed by atoms with van der Waals surface area (Å²) in [4.78, 5) is 16.3. The van der Waals surface area contributed by atoms with Gasteiger partial charge in [-0.15, -0.1) is 0 Å². The smallest absolute Gasteiger partial charge is 0.317 e. The molecule has 1 N–H and O–H groups in total. The number of para-hydroxylation sites is 1. The highest BCUT2D eigenvalue weighted by Gasteiger charge is 2.40. The Kier molecular flexibility index (Phi) is 6.59. The fourth-order valence-electron chi connectivity index (χ4n) is 3.67. The molecule has 0 saturated heterocycles. The molecule has 0 aromatic heterocycles. The molecule has 4 nitrogen and oxygen atoms in total. The monoisotopic (exact) mass is 405 g/mol. The molecule has 156 valence electrons. The van der Waals surface area contributed by atoms with Gasteiger partial charge in [0.15, 0.2) is 0 Å². The van der Waals surface area contributed by atoms with Crippen LogP contribution < -0.4 is 10.2 Å². The van der Waals surface area contributed by atoms with Crippen molar-refractivity contribution in [3.05, 3.63) is 64.7 Å². The maximum absolute atomic E-state index is 13.8. The summed E-state index contributed by atoms with van der Waals surface area (Å²) in [5.74, 6) is -0.381. The fourth-order valence-corrected chi connectivity index (χ4v) is 3.67. The van der Waals surface area contributed by atoms with Crippen LogP contribution in [0.4, 0.5) is 18.9 Å². The molecule has 0 atom stereocenters. The van der Waals surface area contributed by atoms with E-state index in [2.05, 4.69) is 5.32 Å². The number of carbonyl (C=O) groups is 1. The van der Waals surface area contributed by atoms with Crippen molar-refractivity contribution >= 4 is 11.6 Å². The number of rotatable bonds is 8. The Morgan fingerprint density at radius 2 is 1.90 bits per heavy atom. The summed E-state index contributed by atoms with van der Waals surface area (Å²) in [5.41, 5.74) is 0.608. The number of alkyl halides is 3. The fraction of sp³-hybridized carbons (Fsp3) is 0.409. The molecule has 0 radical (unpaired) electrons. The number of nitrogens with zero attached hydrogens (tertiary/aromatic N) is 2. The van der Waals surface area contributed by atoms with Crippen molar-refractivity contribution in [3.63, 3.8) is 0 Å². The lowest BCUT2D eigenvalue weighted by Crippen LogP contribution is -2.24. The minimum Gasteiger partial charge on any atom is -0.317 e. The van der Waals surface area contributed by atoms with E-state index >= 15 is 0 Å². The van der Waals surface area contributed by atoms with Crippen LogP contribution in [-0.4, -0.2) is 37.5 Å². The third kappa shape index (κ3) is 4.97. The van der Waals surface area contributed by atoms with E-state index in [4.69, 9.17) is 0 Å². The molecule has 3 rings (SSSR count). The molecule has 29 heavy (non-hydrogen) atoms. The van der Waals surface area contributed by atoms with Crippen molar-refractivity contribution in [2.75, 3.05) is 31.6 Å². The number of anilines is 1. The van der Waals surface area contributed by atoms with E-state index in [1.165, 1.54) is 11.0 Å². The van der Waals surface area contributed by atoms with Crippen molar-refractivity contribution in [2.45, 2.75) is 32.6 Å². The maximum atomic E-state index is 13.8. The lowest BCUT2D eigenvalue weighted by atomic mass is 9.98. The molecule has 0 fully saturated rings. The van der Waals surface area contributed by atoms with Crippen LogP contribution in [0, 0.1) is 0 Å². The second-order valence-electron chi connectivity index (χ2n) is 7.34. The van der Waals surface area contributed by atoms with E-state index < -0.39 is 11.7 Å². The van der Waals surface area contributed by atoms with Gasteiger partial charge in [-0.2, -0.15) is 13.2 Å². The number of hydrogen-bond donors (Lipinski definition) is 1. The summed E-state index contributed by atoms with van der Waals surface area (Å²) in [6, 6.07) is 11.6. The second kappa shape index (κ2) is 8.97. The summed E-state index contributed by atoms with van der Waals surface area (Å²) >= 11 is 0. The molecule has 0 saturated carbocycles. The molecule has 0 aliphatic carbocycles. The number of amides is 1. The molecule has 1 amide bonds. The topological polar surface area (TPSA) is 35.6 Å². The molecule has 1 aliphatic heterocycles. The van der Waals surface area contributed by atoms with E-state index in [0.29, 0.717) is 17.8 Å². The Labute approximate surface area is 169 Å². The van der Waals surface area contributed by atoms with E-state index in [-0.39, 0.29) is 23.6 Å². The predicted octanol–water partition coefficient (Wildman–Crippen LogP) is 4.30. The van der Waals surface area contributed by atoms with Crippen LogP contribution >= 0.6 is 0 Å². The number of fused-ring (bicyclic) bond motifs is 1. The number of nitrogens with one attached hydrogen (secondary N) is 1. The normalized spacial score (nSPS) is 14.0. The van der Waals surface area contributed by atoms with Crippen molar-refractivity contribution in [2.24, 2.45) is 0 Å². The summed E-state index contributed by atoms with van der Waals surface area (Å²) in [7, 11) is 1.88. The van der Waals surface area contributed by atoms with E-state index in [1.54, 1.807) is 30.3 Å². The van der Waals surface area contributed by atoms with Gasteiger partial charge in [0, 0.05) is 17.8 Å². The third-order valence-corrected chi connectivity index (χ3v) is 5.07. The standard InChI is InChI=1S/C22H26F3N3O/c1-3-26-10-7-11-27(2)14-16-12-18-19(20(13-16)22(23,24)25)15-28(21(18)29)17-8-5-4-6-9-17/h4-6,8-9,12-13,26H,3,7,10-11,14-15H2,1-2H3.